The van der Waals surface area contributed by atoms with Gasteiger partial charge >= 0.3 is 0 Å². The number of nitrogens with zero attached hydrogens (tertiary/aromatic N) is 1. The highest BCUT2D eigenvalue weighted by molar-refractivity contribution is 5.92. The number of pyridine rings is 1. The molecule has 1 heterocycles. The van der Waals surface area contributed by atoms with Gasteiger partial charge in [0.25, 0.3) is 5.91 Å². The van der Waals surface area contributed by atoms with Gasteiger partial charge in [0.15, 0.2) is 0 Å². The Morgan fingerprint density at radius 1 is 1.06 bits per heavy atom. The summed E-state index contributed by atoms with van der Waals surface area (Å²) in [4.78, 5) is 16.0. The maximum atomic E-state index is 11.8. The first-order valence-electron chi connectivity index (χ1n) is 6.15. The highest BCUT2D eigenvalue weighted by Crippen LogP contribution is 2.20. The van der Waals surface area contributed by atoms with Crippen LogP contribution >= 0.6 is 0 Å². The Labute approximate surface area is 106 Å². The minimum atomic E-state index is -0.0721. The van der Waals surface area contributed by atoms with Gasteiger partial charge in [-0.1, -0.05) is 36.4 Å². The summed E-state index contributed by atoms with van der Waals surface area (Å²) in [7, 11) is 0. The van der Waals surface area contributed by atoms with Crippen LogP contribution in [0.5, 0.6) is 0 Å². The Hall–Kier alpha value is -2.16. The molecule has 90 valence electrons. The number of benzene rings is 1. The van der Waals surface area contributed by atoms with Gasteiger partial charge in [0, 0.05) is 17.8 Å². The quantitative estimate of drug-likeness (QED) is 0.893. The number of rotatable bonds is 3. The number of carbonyl (C=O) groups is 1. The van der Waals surface area contributed by atoms with E-state index in [1.165, 1.54) is 0 Å². The van der Waals surface area contributed by atoms with E-state index in [1.54, 1.807) is 12.3 Å². The van der Waals surface area contributed by atoms with Gasteiger partial charge in [-0.3, -0.25) is 9.78 Å². The van der Waals surface area contributed by atoms with Crippen molar-refractivity contribution >= 4 is 5.91 Å². The predicted octanol–water partition coefficient (Wildman–Crippen LogP) is 2.64. The van der Waals surface area contributed by atoms with E-state index in [-0.39, 0.29) is 5.91 Å². The molecule has 1 aliphatic rings. The summed E-state index contributed by atoms with van der Waals surface area (Å²) >= 11 is 0. The molecule has 0 spiro atoms. The van der Waals surface area contributed by atoms with E-state index < -0.39 is 0 Å². The van der Waals surface area contributed by atoms with Crippen LogP contribution < -0.4 is 5.32 Å². The number of carbonyl (C=O) groups excluding carboxylic acids is 1. The van der Waals surface area contributed by atoms with Gasteiger partial charge in [-0.15, -0.1) is 0 Å². The maximum Gasteiger partial charge on any atom is 0.270 e. The molecule has 0 bridgehead atoms. The third-order valence-electron chi connectivity index (χ3n) is 3.02. The van der Waals surface area contributed by atoms with Crippen molar-refractivity contribution in [1.82, 2.24) is 10.3 Å². The molecule has 1 aromatic heterocycles. The molecule has 1 N–H and O–H groups in total. The molecular weight excluding hydrogens is 224 g/mol. The van der Waals surface area contributed by atoms with Crippen molar-refractivity contribution in [2.75, 3.05) is 0 Å². The molecule has 0 unspecified atom stereocenters. The van der Waals surface area contributed by atoms with Gasteiger partial charge < -0.3 is 5.32 Å². The largest absolute Gasteiger partial charge is 0.348 e. The summed E-state index contributed by atoms with van der Waals surface area (Å²) in [6.45, 7) is 0. The summed E-state index contributed by atoms with van der Waals surface area (Å²) in [5.41, 5.74) is 2.62. The van der Waals surface area contributed by atoms with Crippen LogP contribution in [0.15, 0.2) is 48.7 Å². The van der Waals surface area contributed by atoms with E-state index in [9.17, 15) is 4.79 Å². The smallest absolute Gasteiger partial charge is 0.270 e. The Balaban J connectivity index is 1.78. The van der Waals surface area contributed by atoms with E-state index in [0.29, 0.717) is 11.7 Å². The molecule has 0 saturated heterocycles. The summed E-state index contributed by atoms with van der Waals surface area (Å²) in [5.74, 6) is -0.0721. The molecule has 3 rings (SSSR count). The fourth-order valence-electron chi connectivity index (χ4n) is 1.82. The topological polar surface area (TPSA) is 42.0 Å². The lowest BCUT2D eigenvalue weighted by Gasteiger charge is -2.04. The molecule has 1 saturated carbocycles. The summed E-state index contributed by atoms with van der Waals surface area (Å²) in [6.07, 6.45) is 3.93. The van der Waals surface area contributed by atoms with Crippen molar-refractivity contribution in [3.05, 3.63) is 54.4 Å². The number of hydrogen-bond acceptors (Lipinski definition) is 2. The second-order valence-corrected chi connectivity index (χ2v) is 4.55. The number of nitrogens with one attached hydrogen (secondary N) is 1. The average molecular weight is 238 g/mol. The van der Waals surface area contributed by atoms with Crippen LogP contribution in [-0.4, -0.2) is 16.9 Å². The van der Waals surface area contributed by atoms with Crippen molar-refractivity contribution < 1.29 is 4.79 Å². The third kappa shape index (κ3) is 2.40. The molecule has 1 aliphatic carbocycles. The molecule has 18 heavy (non-hydrogen) atoms. The normalized spacial score (nSPS) is 14.2. The minimum absolute atomic E-state index is 0.0721. The molecule has 2 aromatic rings. The Morgan fingerprint density at radius 2 is 1.83 bits per heavy atom. The van der Waals surface area contributed by atoms with E-state index >= 15 is 0 Å². The number of amides is 1. The highest BCUT2D eigenvalue weighted by atomic mass is 16.2. The zero-order chi connectivity index (χ0) is 12.4. The highest BCUT2D eigenvalue weighted by Gasteiger charge is 2.24. The fraction of sp³-hybridized carbons (Fsp3) is 0.200. The van der Waals surface area contributed by atoms with E-state index in [0.717, 1.165) is 24.0 Å². The van der Waals surface area contributed by atoms with Crippen LogP contribution in [0.2, 0.25) is 0 Å². The first kappa shape index (κ1) is 11.0. The van der Waals surface area contributed by atoms with Gasteiger partial charge in [-0.2, -0.15) is 0 Å². The Bertz CT molecular complexity index is 544. The molecule has 1 fully saturated rings. The van der Waals surface area contributed by atoms with Crippen LogP contribution in [0.25, 0.3) is 11.1 Å². The van der Waals surface area contributed by atoms with Crippen molar-refractivity contribution in [2.24, 2.45) is 0 Å². The fourth-order valence-corrected chi connectivity index (χ4v) is 1.82. The molecule has 1 amide bonds. The average Bonchev–Trinajstić information content (AvgIpc) is 3.24. The van der Waals surface area contributed by atoms with Crippen molar-refractivity contribution in [1.29, 1.82) is 0 Å². The van der Waals surface area contributed by atoms with E-state index in [2.05, 4.69) is 10.3 Å². The van der Waals surface area contributed by atoms with Gasteiger partial charge in [0.05, 0.1) is 0 Å². The van der Waals surface area contributed by atoms with Crippen LogP contribution in [-0.2, 0) is 0 Å². The summed E-state index contributed by atoms with van der Waals surface area (Å²) < 4.78 is 0. The standard InChI is InChI=1S/C15H14N2O/c18-15(17-13-7-8-13)14-9-6-12(10-16-14)11-4-2-1-3-5-11/h1-6,9-10,13H,7-8H2,(H,17,18). The van der Waals surface area contributed by atoms with Crippen LogP contribution in [0.3, 0.4) is 0 Å². The minimum Gasteiger partial charge on any atom is -0.348 e. The molecule has 0 aliphatic heterocycles. The lowest BCUT2D eigenvalue weighted by molar-refractivity contribution is 0.0946. The second-order valence-electron chi connectivity index (χ2n) is 4.55. The predicted molar refractivity (Wildman–Crippen MR) is 70.2 cm³/mol. The SMILES string of the molecule is O=C(NC1CC1)c1ccc(-c2ccccc2)cn1. The maximum absolute atomic E-state index is 11.8. The van der Waals surface area contributed by atoms with Gasteiger partial charge in [0.2, 0.25) is 0 Å². The second kappa shape index (κ2) is 4.61. The van der Waals surface area contributed by atoms with E-state index in [4.69, 9.17) is 0 Å². The Morgan fingerprint density at radius 3 is 2.44 bits per heavy atom. The van der Waals surface area contributed by atoms with Crippen molar-refractivity contribution in [3.8, 4) is 11.1 Å². The van der Waals surface area contributed by atoms with Crippen LogP contribution in [0, 0.1) is 0 Å². The zero-order valence-electron chi connectivity index (χ0n) is 9.97. The third-order valence-corrected chi connectivity index (χ3v) is 3.02. The lowest BCUT2D eigenvalue weighted by atomic mass is 10.1. The van der Waals surface area contributed by atoms with Crippen molar-refractivity contribution in [2.45, 2.75) is 18.9 Å². The molecule has 1 aromatic carbocycles. The molecule has 0 atom stereocenters. The molecule has 3 heteroatoms. The number of aromatic nitrogens is 1. The lowest BCUT2D eigenvalue weighted by Crippen LogP contribution is -2.26. The molecular formula is C15H14N2O. The monoisotopic (exact) mass is 238 g/mol. The van der Waals surface area contributed by atoms with Gasteiger partial charge in [-0.25, -0.2) is 0 Å². The first-order chi connectivity index (χ1) is 8.83. The van der Waals surface area contributed by atoms with E-state index in [1.807, 2.05) is 36.4 Å². The first-order valence-corrected chi connectivity index (χ1v) is 6.15. The summed E-state index contributed by atoms with van der Waals surface area (Å²) in [6, 6.07) is 14.1. The van der Waals surface area contributed by atoms with Crippen LogP contribution in [0.1, 0.15) is 23.3 Å². The Kier molecular flexibility index (Phi) is 2.81. The number of hydrogen-bond donors (Lipinski definition) is 1. The van der Waals surface area contributed by atoms with Crippen molar-refractivity contribution in [3.63, 3.8) is 0 Å². The summed E-state index contributed by atoms with van der Waals surface area (Å²) in [5, 5.41) is 2.93. The molecule has 3 nitrogen and oxygen atoms in total. The zero-order valence-corrected chi connectivity index (χ0v) is 9.97. The molecule has 0 radical (unpaired) electrons. The van der Waals surface area contributed by atoms with Gasteiger partial charge in [-0.05, 0) is 24.5 Å². The van der Waals surface area contributed by atoms with Crippen LogP contribution in [0.4, 0.5) is 0 Å². The van der Waals surface area contributed by atoms with Gasteiger partial charge in [0.1, 0.15) is 5.69 Å².